The SMILES string of the molecule is O=C1N(c2ccc(Cl)cc2)C(=O)N(c2ccc(Cl)cc2)[C@]2(C[N+](=O)[O-])CCCN12. The van der Waals surface area contributed by atoms with Gasteiger partial charge in [0.05, 0.1) is 5.69 Å². The molecule has 2 saturated heterocycles. The maximum absolute atomic E-state index is 13.6. The zero-order valence-electron chi connectivity index (χ0n) is 15.1. The maximum atomic E-state index is 13.6. The Bertz CT molecular complexity index is 983. The van der Waals surface area contributed by atoms with E-state index in [0.29, 0.717) is 40.8 Å². The molecule has 2 aliphatic heterocycles. The fourth-order valence-electron chi connectivity index (χ4n) is 4.04. The number of fused-ring (bicyclic) bond motifs is 1. The zero-order valence-corrected chi connectivity index (χ0v) is 16.6. The second-order valence-corrected chi connectivity index (χ2v) is 7.79. The molecule has 0 spiro atoms. The fourth-order valence-corrected chi connectivity index (χ4v) is 4.30. The number of nitrogens with zero attached hydrogens (tertiary/aromatic N) is 4. The molecule has 0 aliphatic carbocycles. The predicted octanol–water partition coefficient (Wildman–Crippen LogP) is 4.63. The van der Waals surface area contributed by atoms with Gasteiger partial charge in [0.2, 0.25) is 6.54 Å². The molecule has 4 amide bonds. The minimum Gasteiger partial charge on any atom is -0.294 e. The number of halogens is 2. The van der Waals surface area contributed by atoms with Crippen molar-refractivity contribution in [3.05, 3.63) is 68.7 Å². The number of hydrogen-bond donors (Lipinski definition) is 0. The normalized spacial score (nSPS) is 21.5. The lowest BCUT2D eigenvalue weighted by Gasteiger charge is -2.50. The Balaban J connectivity index is 1.88. The van der Waals surface area contributed by atoms with Crippen LogP contribution in [0.1, 0.15) is 12.8 Å². The van der Waals surface area contributed by atoms with Gasteiger partial charge in [-0.25, -0.2) is 14.5 Å². The molecule has 2 aromatic carbocycles. The van der Waals surface area contributed by atoms with Crippen LogP contribution in [0.2, 0.25) is 10.0 Å². The number of amides is 4. The van der Waals surface area contributed by atoms with Crippen LogP contribution in [0.5, 0.6) is 0 Å². The number of hydrogen-bond acceptors (Lipinski definition) is 4. The van der Waals surface area contributed by atoms with E-state index in [4.69, 9.17) is 23.2 Å². The summed E-state index contributed by atoms with van der Waals surface area (Å²) < 4.78 is 0. The minimum atomic E-state index is -1.37. The van der Waals surface area contributed by atoms with Gasteiger partial charge in [-0.3, -0.25) is 19.9 Å². The molecule has 0 aromatic heterocycles. The van der Waals surface area contributed by atoms with E-state index in [0.717, 1.165) is 4.90 Å². The molecule has 2 heterocycles. The van der Waals surface area contributed by atoms with Crippen molar-refractivity contribution in [2.75, 3.05) is 22.9 Å². The van der Waals surface area contributed by atoms with Crippen LogP contribution in [0, 0.1) is 10.1 Å². The zero-order chi connectivity index (χ0) is 20.8. The van der Waals surface area contributed by atoms with Crippen molar-refractivity contribution < 1.29 is 14.5 Å². The largest absolute Gasteiger partial charge is 0.339 e. The summed E-state index contributed by atoms with van der Waals surface area (Å²) in [5, 5.41) is 12.4. The highest BCUT2D eigenvalue weighted by Gasteiger charge is 2.60. The van der Waals surface area contributed by atoms with Gasteiger partial charge in [-0.05, 0) is 61.4 Å². The van der Waals surface area contributed by atoms with Crippen LogP contribution in [0.4, 0.5) is 21.0 Å². The van der Waals surface area contributed by atoms with Gasteiger partial charge in [-0.2, -0.15) is 0 Å². The number of carbonyl (C=O) groups excluding carboxylic acids is 2. The number of imide groups is 1. The van der Waals surface area contributed by atoms with Crippen molar-refractivity contribution in [1.82, 2.24) is 4.90 Å². The summed E-state index contributed by atoms with van der Waals surface area (Å²) >= 11 is 11.9. The molecule has 150 valence electrons. The molecule has 1 atom stereocenters. The van der Waals surface area contributed by atoms with Crippen LogP contribution >= 0.6 is 23.2 Å². The van der Waals surface area contributed by atoms with Gasteiger partial charge in [0.15, 0.2) is 5.66 Å². The lowest BCUT2D eigenvalue weighted by atomic mass is 10.0. The lowest BCUT2D eigenvalue weighted by molar-refractivity contribution is -0.493. The molecule has 8 nitrogen and oxygen atoms in total. The highest BCUT2D eigenvalue weighted by atomic mass is 35.5. The molecule has 29 heavy (non-hydrogen) atoms. The molecule has 0 saturated carbocycles. The van der Waals surface area contributed by atoms with Gasteiger partial charge in [-0.15, -0.1) is 0 Å². The molecule has 0 N–H and O–H groups in total. The smallest absolute Gasteiger partial charge is 0.294 e. The molecule has 0 bridgehead atoms. The van der Waals surface area contributed by atoms with Crippen molar-refractivity contribution >= 4 is 46.6 Å². The van der Waals surface area contributed by atoms with E-state index in [-0.39, 0.29) is 0 Å². The van der Waals surface area contributed by atoms with Crippen molar-refractivity contribution in [1.29, 1.82) is 0 Å². The van der Waals surface area contributed by atoms with Crippen LogP contribution in [0.3, 0.4) is 0 Å². The quantitative estimate of drug-likeness (QED) is 0.518. The van der Waals surface area contributed by atoms with E-state index in [1.165, 1.54) is 9.80 Å². The van der Waals surface area contributed by atoms with E-state index in [2.05, 4.69) is 0 Å². The van der Waals surface area contributed by atoms with Crippen LogP contribution < -0.4 is 9.80 Å². The van der Waals surface area contributed by atoms with Crippen LogP contribution in [-0.2, 0) is 0 Å². The Morgan fingerprint density at radius 1 is 0.931 bits per heavy atom. The maximum Gasteiger partial charge on any atom is 0.339 e. The summed E-state index contributed by atoms with van der Waals surface area (Å²) in [5.74, 6) is 0. The summed E-state index contributed by atoms with van der Waals surface area (Å²) in [6, 6.07) is 11.5. The minimum absolute atomic E-state index is 0.308. The number of carbonyl (C=O) groups is 2. The van der Waals surface area contributed by atoms with E-state index in [1.54, 1.807) is 48.5 Å². The number of benzene rings is 2. The summed E-state index contributed by atoms with van der Waals surface area (Å²) in [6.45, 7) is -0.254. The van der Waals surface area contributed by atoms with Crippen molar-refractivity contribution in [2.24, 2.45) is 0 Å². The number of anilines is 2. The third-order valence-corrected chi connectivity index (χ3v) is 5.74. The molecule has 2 aromatic rings. The van der Waals surface area contributed by atoms with E-state index in [1.807, 2.05) is 0 Å². The first-order chi connectivity index (χ1) is 13.8. The first kappa shape index (κ1) is 19.5. The first-order valence-corrected chi connectivity index (χ1v) is 9.68. The Hall–Kier alpha value is -2.84. The topological polar surface area (TPSA) is 87.0 Å². The van der Waals surface area contributed by atoms with Crippen molar-refractivity contribution in [3.63, 3.8) is 0 Å². The number of rotatable bonds is 4. The molecule has 10 heteroatoms. The van der Waals surface area contributed by atoms with Crippen LogP contribution in [0.15, 0.2) is 48.5 Å². The third-order valence-electron chi connectivity index (χ3n) is 5.23. The lowest BCUT2D eigenvalue weighted by Crippen LogP contribution is -2.74. The highest BCUT2D eigenvalue weighted by molar-refractivity contribution is 6.31. The molecule has 0 radical (unpaired) electrons. The fraction of sp³-hybridized carbons (Fsp3) is 0.263. The Kier molecular flexibility index (Phi) is 4.84. The molecule has 4 rings (SSSR count). The average molecular weight is 435 g/mol. The number of nitro groups is 1. The van der Waals surface area contributed by atoms with Crippen LogP contribution in [-0.4, -0.2) is 40.6 Å². The van der Waals surface area contributed by atoms with Crippen LogP contribution in [0.25, 0.3) is 0 Å². The summed E-state index contributed by atoms with van der Waals surface area (Å²) in [7, 11) is 0. The Labute approximate surface area is 176 Å². The van der Waals surface area contributed by atoms with Gasteiger partial charge in [0.25, 0.3) is 0 Å². The second-order valence-electron chi connectivity index (χ2n) is 6.92. The number of urea groups is 2. The second kappa shape index (κ2) is 7.20. The Morgan fingerprint density at radius 2 is 1.48 bits per heavy atom. The molecular formula is C19H16Cl2N4O4. The van der Waals surface area contributed by atoms with Gasteiger partial charge < -0.3 is 0 Å². The van der Waals surface area contributed by atoms with Gasteiger partial charge in [0, 0.05) is 27.2 Å². The van der Waals surface area contributed by atoms with E-state index in [9.17, 15) is 19.7 Å². The molecule has 0 unspecified atom stereocenters. The van der Waals surface area contributed by atoms with E-state index < -0.39 is 29.2 Å². The molecular weight excluding hydrogens is 419 g/mol. The van der Waals surface area contributed by atoms with Gasteiger partial charge in [0.1, 0.15) is 0 Å². The van der Waals surface area contributed by atoms with Crippen molar-refractivity contribution in [3.8, 4) is 0 Å². The highest BCUT2D eigenvalue weighted by Crippen LogP contribution is 2.42. The van der Waals surface area contributed by atoms with Gasteiger partial charge in [-0.1, -0.05) is 23.2 Å². The summed E-state index contributed by atoms with van der Waals surface area (Å²) in [5.41, 5.74) is -0.599. The van der Waals surface area contributed by atoms with E-state index >= 15 is 0 Å². The molecule has 2 fully saturated rings. The van der Waals surface area contributed by atoms with Gasteiger partial charge >= 0.3 is 12.1 Å². The van der Waals surface area contributed by atoms with Crippen molar-refractivity contribution in [2.45, 2.75) is 18.5 Å². The monoisotopic (exact) mass is 434 g/mol. The molecule has 2 aliphatic rings. The summed E-state index contributed by atoms with van der Waals surface area (Å²) in [6.07, 6.45) is 0.855. The third kappa shape index (κ3) is 3.18. The standard InChI is InChI=1S/C19H16Cl2N4O4/c20-13-2-6-15(7-3-13)24-17(26)22-11-1-10-19(22,12-23(28)29)25(18(24)27)16-8-4-14(21)5-9-16/h2-9H,1,10-12H2/t19-/m0/s1. The average Bonchev–Trinajstić information content (AvgIpc) is 3.08. The Morgan fingerprint density at radius 3 is 2.03 bits per heavy atom. The predicted molar refractivity (Wildman–Crippen MR) is 109 cm³/mol. The first-order valence-electron chi connectivity index (χ1n) is 8.92. The summed E-state index contributed by atoms with van der Waals surface area (Å²) in [4.78, 5) is 41.6.